The van der Waals surface area contributed by atoms with Crippen LogP contribution in [0, 0.1) is 0 Å². The van der Waals surface area contributed by atoms with E-state index in [9.17, 15) is 9.59 Å². The third-order valence-corrected chi connectivity index (χ3v) is 5.76. The molecule has 0 unspecified atom stereocenters. The van der Waals surface area contributed by atoms with Crippen LogP contribution in [0.2, 0.25) is 0 Å². The lowest BCUT2D eigenvalue weighted by Crippen LogP contribution is -2.25. The Morgan fingerprint density at radius 1 is 0.929 bits per heavy atom. The van der Waals surface area contributed by atoms with Gasteiger partial charge in [-0.05, 0) is 48.7 Å². The van der Waals surface area contributed by atoms with Crippen LogP contribution in [0.3, 0.4) is 0 Å². The third kappa shape index (κ3) is 4.10. The van der Waals surface area contributed by atoms with Crippen molar-refractivity contribution in [2.75, 3.05) is 11.9 Å². The molecule has 2 N–H and O–H groups in total. The van der Waals surface area contributed by atoms with Gasteiger partial charge in [0.05, 0.1) is 11.3 Å². The van der Waals surface area contributed by atoms with E-state index in [0.29, 0.717) is 23.4 Å². The molecular formula is C23H20N2O2S. The second-order valence-corrected chi connectivity index (χ2v) is 7.69. The van der Waals surface area contributed by atoms with Crippen LogP contribution in [0.5, 0.6) is 0 Å². The first-order valence-corrected chi connectivity index (χ1v) is 10.1. The highest BCUT2D eigenvalue weighted by atomic mass is 32.2. The highest BCUT2D eigenvalue weighted by molar-refractivity contribution is 7.99. The minimum Gasteiger partial charge on any atom is -0.352 e. The lowest BCUT2D eigenvalue weighted by atomic mass is 10.1. The number of nitrogens with one attached hydrogen (secondary N) is 2. The molecule has 0 aromatic heterocycles. The number of hydrogen-bond acceptors (Lipinski definition) is 3. The molecule has 3 aromatic carbocycles. The molecule has 140 valence electrons. The van der Waals surface area contributed by atoms with Crippen molar-refractivity contribution in [3.63, 3.8) is 0 Å². The Balaban J connectivity index is 1.40. The van der Waals surface area contributed by atoms with Crippen LogP contribution in [-0.4, -0.2) is 18.4 Å². The molecule has 1 aliphatic rings. The average Bonchev–Trinajstić information content (AvgIpc) is 2.87. The number of fused-ring (bicyclic) bond motifs is 2. The summed E-state index contributed by atoms with van der Waals surface area (Å²) < 4.78 is 0. The van der Waals surface area contributed by atoms with E-state index in [1.165, 1.54) is 17.3 Å². The summed E-state index contributed by atoms with van der Waals surface area (Å²) in [6.07, 6.45) is 1.80. The molecule has 4 nitrogen and oxygen atoms in total. The lowest BCUT2D eigenvalue weighted by molar-refractivity contribution is 0.0951. The zero-order valence-corrected chi connectivity index (χ0v) is 16.1. The van der Waals surface area contributed by atoms with Crippen LogP contribution < -0.4 is 10.6 Å². The van der Waals surface area contributed by atoms with Gasteiger partial charge in [-0.1, -0.05) is 54.2 Å². The van der Waals surface area contributed by atoms with E-state index in [0.717, 1.165) is 22.6 Å². The van der Waals surface area contributed by atoms with E-state index in [1.807, 2.05) is 48.5 Å². The van der Waals surface area contributed by atoms with Crippen LogP contribution >= 0.6 is 11.8 Å². The Bertz CT molecular complexity index is 1020. The van der Waals surface area contributed by atoms with Gasteiger partial charge in [0.2, 0.25) is 0 Å². The average molecular weight is 388 g/mol. The standard InChI is InChI=1S/C23H20N2O2S/c26-22(24-14-6-9-16-7-2-1-3-8-16)17-12-13-21-19(15-17)25-23(27)18-10-4-5-11-20(18)28-21/h1-5,7-8,10-13,15H,6,9,14H2,(H,24,26)(H,25,27). The van der Waals surface area contributed by atoms with Crippen molar-refractivity contribution in [2.24, 2.45) is 0 Å². The number of carbonyl (C=O) groups is 2. The van der Waals surface area contributed by atoms with Crippen LogP contribution in [0.25, 0.3) is 0 Å². The zero-order chi connectivity index (χ0) is 19.3. The highest BCUT2D eigenvalue weighted by Gasteiger charge is 2.20. The quantitative estimate of drug-likeness (QED) is 0.619. The maximum Gasteiger partial charge on any atom is 0.256 e. The predicted molar refractivity (Wildman–Crippen MR) is 112 cm³/mol. The van der Waals surface area contributed by atoms with Gasteiger partial charge in [-0.2, -0.15) is 0 Å². The first-order valence-electron chi connectivity index (χ1n) is 9.25. The van der Waals surface area contributed by atoms with E-state index in [-0.39, 0.29) is 11.8 Å². The number of carbonyl (C=O) groups excluding carboxylic acids is 2. The third-order valence-electron chi connectivity index (χ3n) is 4.61. The van der Waals surface area contributed by atoms with Crippen molar-refractivity contribution in [3.8, 4) is 0 Å². The molecule has 0 saturated carbocycles. The molecule has 0 aliphatic carbocycles. The summed E-state index contributed by atoms with van der Waals surface area (Å²) in [7, 11) is 0. The zero-order valence-electron chi connectivity index (χ0n) is 15.3. The molecule has 2 amide bonds. The summed E-state index contributed by atoms with van der Waals surface area (Å²) in [5.41, 5.74) is 3.13. The maximum atomic E-state index is 12.5. The van der Waals surface area contributed by atoms with E-state index in [1.54, 1.807) is 12.1 Å². The van der Waals surface area contributed by atoms with E-state index < -0.39 is 0 Å². The fraction of sp³-hybridized carbons (Fsp3) is 0.130. The van der Waals surface area contributed by atoms with Crippen molar-refractivity contribution in [1.29, 1.82) is 0 Å². The first-order chi connectivity index (χ1) is 13.7. The molecule has 0 bridgehead atoms. The molecule has 1 aliphatic heterocycles. The highest BCUT2D eigenvalue weighted by Crippen LogP contribution is 2.38. The largest absolute Gasteiger partial charge is 0.352 e. The van der Waals surface area contributed by atoms with E-state index in [2.05, 4.69) is 22.8 Å². The number of rotatable bonds is 5. The summed E-state index contributed by atoms with van der Waals surface area (Å²) in [5, 5.41) is 5.88. The van der Waals surface area contributed by atoms with Crippen LogP contribution in [0.4, 0.5) is 5.69 Å². The molecule has 5 heteroatoms. The van der Waals surface area contributed by atoms with Gasteiger partial charge in [0.25, 0.3) is 11.8 Å². The van der Waals surface area contributed by atoms with Crippen molar-refractivity contribution < 1.29 is 9.59 Å². The fourth-order valence-corrected chi connectivity index (χ4v) is 4.16. The Labute approximate surface area is 168 Å². The van der Waals surface area contributed by atoms with Gasteiger partial charge < -0.3 is 10.6 Å². The molecule has 0 saturated heterocycles. The number of hydrogen-bond donors (Lipinski definition) is 2. The van der Waals surface area contributed by atoms with E-state index >= 15 is 0 Å². The number of amides is 2. The maximum absolute atomic E-state index is 12.5. The Morgan fingerprint density at radius 3 is 2.57 bits per heavy atom. The van der Waals surface area contributed by atoms with Crippen LogP contribution in [0.1, 0.15) is 32.7 Å². The van der Waals surface area contributed by atoms with Gasteiger partial charge in [-0.3, -0.25) is 9.59 Å². The molecule has 1 heterocycles. The second-order valence-electron chi connectivity index (χ2n) is 6.61. The van der Waals surface area contributed by atoms with E-state index in [4.69, 9.17) is 0 Å². The first kappa shape index (κ1) is 18.3. The molecule has 0 fully saturated rings. The van der Waals surface area contributed by atoms with Crippen LogP contribution in [-0.2, 0) is 6.42 Å². The predicted octanol–water partition coefficient (Wildman–Crippen LogP) is 4.77. The minimum absolute atomic E-state index is 0.128. The van der Waals surface area contributed by atoms with Gasteiger partial charge in [0.15, 0.2) is 0 Å². The van der Waals surface area contributed by atoms with Crippen molar-refractivity contribution in [1.82, 2.24) is 5.32 Å². The minimum atomic E-state index is -0.151. The number of benzene rings is 3. The summed E-state index contributed by atoms with van der Waals surface area (Å²) in [5.74, 6) is -0.279. The topological polar surface area (TPSA) is 58.2 Å². The summed E-state index contributed by atoms with van der Waals surface area (Å²) in [6.45, 7) is 0.608. The Morgan fingerprint density at radius 2 is 1.71 bits per heavy atom. The fourth-order valence-electron chi connectivity index (χ4n) is 3.15. The van der Waals surface area contributed by atoms with Gasteiger partial charge >= 0.3 is 0 Å². The normalized spacial score (nSPS) is 12.4. The molecule has 0 atom stereocenters. The van der Waals surface area contributed by atoms with Crippen molar-refractivity contribution in [3.05, 3.63) is 89.5 Å². The molecular weight excluding hydrogens is 368 g/mol. The molecule has 0 spiro atoms. The SMILES string of the molecule is O=C(NCCCc1ccccc1)c1ccc2c(c1)NC(=O)c1ccccc1S2. The monoisotopic (exact) mass is 388 g/mol. The Hall–Kier alpha value is -3.05. The van der Waals surface area contributed by atoms with Gasteiger partial charge in [0, 0.05) is 21.9 Å². The lowest BCUT2D eigenvalue weighted by Gasteiger charge is -2.10. The summed E-state index contributed by atoms with van der Waals surface area (Å²) in [6, 6.07) is 23.2. The summed E-state index contributed by atoms with van der Waals surface area (Å²) >= 11 is 1.53. The van der Waals surface area contributed by atoms with Gasteiger partial charge in [0.1, 0.15) is 0 Å². The van der Waals surface area contributed by atoms with Gasteiger partial charge in [-0.25, -0.2) is 0 Å². The second kappa shape index (κ2) is 8.31. The molecule has 4 rings (SSSR count). The molecule has 0 radical (unpaired) electrons. The Kier molecular flexibility index (Phi) is 5.44. The number of anilines is 1. The number of aryl methyl sites for hydroxylation is 1. The van der Waals surface area contributed by atoms with Gasteiger partial charge in [-0.15, -0.1) is 0 Å². The molecule has 28 heavy (non-hydrogen) atoms. The van der Waals surface area contributed by atoms with Crippen LogP contribution in [0.15, 0.2) is 82.6 Å². The smallest absolute Gasteiger partial charge is 0.256 e. The summed E-state index contributed by atoms with van der Waals surface area (Å²) in [4.78, 5) is 26.8. The molecule has 3 aromatic rings. The van der Waals surface area contributed by atoms with Crippen molar-refractivity contribution >= 4 is 29.3 Å². The van der Waals surface area contributed by atoms with Crippen molar-refractivity contribution in [2.45, 2.75) is 22.6 Å².